The molecular formula is C19H13FN4O4S2. The third-order valence-electron chi connectivity index (χ3n) is 4.02. The molecule has 0 aliphatic rings. The van der Waals surface area contributed by atoms with Crippen LogP contribution >= 0.6 is 22.7 Å². The van der Waals surface area contributed by atoms with Crippen LogP contribution in [0.25, 0.3) is 21.1 Å². The topological polar surface area (TPSA) is 118 Å². The average molecular weight is 444 g/mol. The van der Waals surface area contributed by atoms with Gasteiger partial charge in [-0.25, -0.2) is 19.2 Å². The molecule has 0 saturated heterocycles. The van der Waals surface area contributed by atoms with Gasteiger partial charge in [0.2, 0.25) is 5.88 Å². The van der Waals surface area contributed by atoms with Crippen molar-refractivity contribution < 1.29 is 24.1 Å². The number of aryl methyl sites for hydroxylation is 1. The summed E-state index contributed by atoms with van der Waals surface area (Å²) >= 11 is 2.58. The van der Waals surface area contributed by atoms with Gasteiger partial charge in [0.1, 0.15) is 33.8 Å². The SMILES string of the molecule is Cc1nc(COc2cccnn2)sc1-c1csc(-c2cc(O)c(C(=O)O)cc2F)n1. The number of aromatic hydroxyl groups is 1. The number of carboxylic acids is 1. The third kappa shape index (κ3) is 3.98. The van der Waals surface area contributed by atoms with Crippen molar-refractivity contribution >= 4 is 28.6 Å². The number of carboxylic acid groups (broad SMARTS) is 1. The van der Waals surface area contributed by atoms with Crippen molar-refractivity contribution in [2.75, 3.05) is 0 Å². The molecule has 0 saturated carbocycles. The molecule has 30 heavy (non-hydrogen) atoms. The molecule has 1 aromatic carbocycles. The second-order valence-electron chi connectivity index (χ2n) is 6.06. The van der Waals surface area contributed by atoms with Crippen LogP contribution in [-0.4, -0.2) is 36.3 Å². The van der Waals surface area contributed by atoms with Gasteiger partial charge in [0.05, 0.1) is 16.3 Å². The molecule has 8 nitrogen and oxygen atoms in total. The molecule has 11 heteroatoms. The summed E-state index contributed by atoms with van der Waals surface area (Å²) in [6.45, 7) is 2.06. The van der Waals surface area contributed by atoms with E-state index >= 15 is 0 Å². The molecule has 0 aliphatic heterocycles. The lowest BCUT2D eigenvalue weighted by atomic mass is 10.1. The van der Waals surface area contributed by atoms with Gasteiger partial charge in [0, 0.05) is 23.2 Å². The fourth-order valence-electron chi connectivity index (χ4n) is 2.65. The van der Waals surface area contributed by atoms with Crippen molar-refractivity contribution in [1.29, 1.82) is 0 Å². The molecule has 0 aliphatic carbocycles. The van der Waals surface area contributed by atoms with E-state index in [1.165, 1.54) is 22.7 Å². The van der Waals surface area contributed by atoms with E-state index in [-0.39, 0.29) is 12.2 Å². The van der Waals surface area contributed by atoms with Crippen LogP contribution in [-0.2, 0) is 6.61 Å². The van der Waals surface area contributed by atoms with Crippen molar-refractivity contribution in [3.8, 4) is 32.8 Å². The highest BCUT2D eigenvalue weighted by Gasteiger charge is 2.19. The monoisotopic (exact) mass is 444 g/mol. The number of carbonyl (C=O) groups is 1. The summed E-state index contributed by atoms with van der Waals surface area (Å²) < 4.78 is 19.9. The standard InChI is InChI=1S/C19H13FN4O4S2/c1-9-17(30-16(22-9)7-28-15-3-2-4-21-24-15)13-8-29-18(23-13)10-6-14(25)11(19(26)27)5-12(10)20/h2-6,8,25H,7H2,1H3,(H,26,27). The van der Waals surface area contributed by atoms with Crippen molar-refractivity contribution in [2.45, 2.75) is 13.5 Å². The van der Waals surface area contributed by atoms with E-state index in [4.69, 9.17) is 9.84 Å². The number of nitrogens with zero attached hydrogens (tertiary/aromatic N) is 4. The van der Waals surface area contributed by atoms with E-state index in [1.807, 2.05) is 6.92 Å². The first-order chi connectivity index (χ1) is 14.4. The van der Waals surface area contributed by atoms with Crippen LogP contribution in [0.15, 0.2) is 35.8 Å². The molecule has 0 unspecified atom stereocenters. The minimum atomic E-state index is -1.41. The molecule has 0 spiro atoms. The Balaban J connectivity index is 1.58. The second kappa shape index (κ2) is 8.13. The molecule has 0 atom stereocenters. The summed E-state index contributed by atoms with van der Waals surface area (Å²) in [5, 5.41) is 29.3. The molecule has 0 bridgehead atoms. The predicted octanol–water partition coefficient (Wildman–Crippen LogP) is 4.15. The lowest BCUT2D eigenvalue weighted by Crippen LogP contribution is -1.98. The number of rotatable bonds is 6. The van der Waals surface area contributed by atoms with Gasteiger partial charge in [-0.15, -0.1) is 27.8 Å². The number of phenols is 1. The average Bonchev–Trinajstić information content (AvgIpc) is 3.35. The summed E-state index contributed by atoms with van der Waals surface area (Å²) in [5.74, 6) is -2.31. The summed E-state index contributed by atoms with van der Waals surface area (Å²) in [4.78, 5) is 20.8. The van der Waals surface area contributed by atoms with Gasteiger partial charge in [0.15, 0.2) is 0 Å². The van der Waals surface area contributed by atoms with Gasteiger partial charge in [-0.2, -0.15) is 5.10 Å². The second-order valence-corrected chi connectivity index (χ2v) is 8.01. The molecule has 0 amide bonds. The number of aromatic carboxylic acids is 1. The van der Waals surface area contributed by atoms with Gasteiger partial charge in [-0.3, -0.25) is 0 Å². The Morgan fingerprint density at radius 3 is 2.87 bits per heavy atom. The Hall–Kier alpha value is -3.44. The maximum absolute atomic E-state index is 14.4. The van der Waals surface area contributed by atoms with E-state index in [0.717, 1.165) is 27.7 Å². The Labute approximate surface area is 177 Å². The van der Waals surface area contributed by atoms with Crippen molar-refractivity contribution in [1.82, 2.24) is 20.2 Å². The summed E-state index contributed by atoms with van der Waals surface area (Å²) in [6.07, 6.45) is 1.55. The van der Waals surface area contributed by atoms with Crippen LogP contribution in [0.4, 0.5) is 4.39 Å². The molecule has 152 valence electrons. The number of benzene rings is 1. The van der Waals surface area contributed by atoms with Gasteiger partial charge in [-0.1, -0.05) is 0 Å². The first-order valence-electron chi connectivity index (χ1n) is 8.51. The highest BCUT2D eigenvalue weighted by atomic mass is 32.1. The number of hydrogen-bond acceptors (Lipinski definition) is 9. The van der Waals surface area contributed by atoms with E-state index in [9.17, 15) is 14.3 Å². The van der Waals surface area contributed by atoms with Gasteiger partial charge < -0.3 is 14.9 Å². The number of aromatic nitrogens is 4. The molecule has 2 N–H and O–H groups in total. The largest absolute Gasteiger partial charge is 0.507 e. The van der Waals surface area contributed by atoms with Crippen LogP contribution in [0.5, 0.6) is 11.6 Å². The van der Waals surface area contributed by atoms with Crippen molar-refractivity contribution in [2.24, 2.45) is 0 Å². The Kier molecular flexibility index (Phi) is 5.38. The van der Waals surface area contributed by atoms with E-state index in [0.29, 0.717) is 16.6 Å². The minimum absolute atomic E-state index is 0.0297. The highest BCUT2D eigenvalue weighted by molar-refractivity contribution is 7.16. The van der Waals surface area contributed by atoms with Crippen molar-refractivity contribution in [3.05, 3.63) is 57.9 Å². The lowest BCUT2D eigenvalue weighted by molar-refractivity contribution is 0.0693. The van der Waals surface area contributed by atoms with Crippen LogP contribution in [0.3, 0.4) is 0 Å². The van der Waals surface area contributed by atoms with E-state index in [1.54, 1.807) is 23.7 Å². The third-order valence-corrected chi connectivity index (χ3v) is 6.04. The zero-order chi connectivity index (χ0) is 21.3. The maximum Gasteiger partial charge on any atom is 0.339 e. The Morgan fingerprint density at radius 2 is 2.13 bits per heavy atom. The van der Waals surface area contributed by atoms with Gasteiger partial charge in [-0.05, 0) is 25.1 Å². The minimum Gasteiger partial charge on any atom is -0.507 e. The first kappa shape index (κ1) is 19.9. The molecular weight excluding hydrogens is 431 g/mol. The van der Waals surface area contributed by atoms with Crippen molar-refractivity contribution in [3.63, 3.8) is 0 Å². The first-order valence-corrected chi connectivity index (χ1v) is 10.2. The lowest BCUT2D eigenvalue weighted by Gasteiger charge is -2.04. The predicted molar refractivity (Wildman–Crippen MR) is 108 cm³/mol. The molecule has 3 heterocycles. The molecule has 0 radical (unpaired) electrons. The summed E-state index contributed by atoms with van der Waals surface area (Å²) in [7, 11) is 0. The normalized spacial score (nSPS) is 10.9. The summed E-state index contributed by atoms with van der Waals surface area (Å²) in [5.41, 5.74) is 0.886. The van der Waals surface area contributed by atoms with E-state index < -0.39 is 23.1 Å². The Bertz CT molecular complexity index is 1230. The fourth-order valence-corrected chi connectivity index (χ4v) is 4.49. The molecule has 3 aromatic heterocycles. The smallest absolute Gasteiger partial charge is 0.339 e. The Morgan fingerprint density at radius 1 is 1.30 bits per heavy atom. The number of hydrogen-bond donors (Lipinski definition) is 2. The molecule has 4 rings (SSSR count). The van der Waals surface area contributed by atoms with Gasteiger partial charge in [0.25, 0.3) is 0 Å². The van der Waals surface area contributed by atoms with Crippen LogP contribution < -0.4 is 4.74 Å². The maximum atomic E-state index is 14.4. The van der Waals surface area contributed by atoms with Crippen LogP contribution in [0.2, 0.25) is 0 Å². The number of thiazole rings is 2. The highest BCUT2D eigenvalue weighted by Crippen LogP contribution is 2.36. The number of ether oxygens (including phenoxy) is 1. The fraction of sp³-hybridized carbons (Fsp3) is 0.105. The zero-order valence-electron chi connectivity index (χ0n) is 15.4. The summed E-state index contributed by atoms with van der Waals surface area (Å²) in [6, 6.07) is 5.27. The molecule has 0 fully saturated rings. The quantitative estimate of drug-likeness (QED) is 0.455. The van der Waals surface area contributed by atoms with Crippen LogP contribution in [0.1, 0.15) is 21.1 Å². The molecule has 4 aromatic rings. The van der Waals surface area contributed by atoms with Crippen LogP contribution in [0, 0.1) is 12.7 Å². The van der Waals surface area contributed by atoms with E-state index in [2.05, 4.69) is 20.2 Å². The number of halogens is 1. The zero-order valence-corrected chi connectivity index (χ0v) is 17.0. The van der Waals surface area contributed by atoms with Gasteiger partial charge >= 0.3 is 5.97 Å².